The van der Waals surface area contributed by atoms with Crippen LogP contribution >= 0.6 is 11.6 Å². The molecular formula is C13H18ClFN2. The first-order chi connectivity index (χ1) is 8.16. The first-order valence-electron chi connectivity index (χ1n) is 6.05. The van der Waals surface area contributed by atoms with Gasteiger partial charge in [0.15, 0.2) is 0 Å². The quantitative estimate of drug-likeness (QED) is 0.875. The summed E-state index contributed by atoms with van der Waals surface area (Å²) in [6.45, 7) is 5.96. The lowest BCUT2D eigenvalue weighted by Gasteiger charge is -2.22. The molecule has 2 nitrogen and oxygen atoms in total. The summed E-state index contributed by atoms with van der Waals surface area (Å²) in [4.78, 5) is 2.32. The van der Waals surface area contributed by atoms with E-state index in [4.69, 9.17) is 11.6 Å². The van der Waals surface area contributed by atoms with E-state index in [2.05, 4.69) is 17.1 Å². The minimum atomic E-state index is -0.329. The summed E-state index contributed by atoms with van der Waals surface area (Å²) in [7, 11) is 0. The largest absolute Gasteiger partial charge is 0.313 e. The van der Waals surface area contributed by atoms with E-state index in [1.165, 1.54) is 6.07 Å². The molecule has 4 heteroatoms. The average molecular weight is 257 g/mol. The van der Waals surface area contributed by atoms with Crippen molar-refractivity contribution in [2.24, 2.45) is 0 Å². The van der Waals surface area contributed by atoms with Crippen LogP contribution in [-0.2, 0) is 6.54 Å². The molecule has 1 atom stereocenters. The third-order valence-corrected chi connectivity index (χ3v) is 3.52. The Morgan fingerprint density at radius 1 is 1.53 bits per heavy atom. The van der Waals surface area contributed by atoms with Gasteiger partial charge in [0.05, 0.1) is 5.02 Å². The Morgan fingerprint density at radius 3 is 3.18 bits per heavy atom. The lowest BCUT2D eigenvalue weighted by molar-refractivity contribution is 0.264. The van der Waals surface area contributed by atoms with Crippen LogP contribution in [0.15, 0.2) is 18.2 Å². The van der Waals surface area contributed by atoms with E-state index in [1.807, 2.05) is 6.07 Å². The summed E-state index contributed by atoms with van der Waals surface area (Å²) in [6, 6.07) is 5.49. The van der Waals surface area contributed by atoms with Gasteiger partial charge in [-0.3, -0.25) is 4.90 Å². The number of nitrogens with zero attached hydrogens (tertiary/aromatic N) is 1. The van der Waals surface area contributed by atoms with Gasteiger partial charge in [-0.2, -0.15) is 0 Å². The first kappa shape index (κ1) is 12.8. The lowest BCUT2D eigenvalue weighted by Crippen LogP contribution is -2.35. The highest BCUT2D eigenvalue weighted by molar-refractivity contribution is 6.31. The molecule has 2 rings (SSSR count). The highest BCUT2D eigenvalue weighted by atomic mass is 35.5. The molecule has 0 radical (unpaired) electrons. The zero-order valence-corrected chi connectivity index (χ0v) is 10.8. The van der Waals surface area contributed by atoms with E-state index in [9.17, 15) is 4.39 Å². The second-order valence-corrected chi connectivity index (χ2v) is 5.03. The maximum Gasteiger partial charge on any atom is 0.142 e. The number of nitrogens with one attached hydrogen (secondary N) is 1. The molecule has 1 aromatic carbocycles. The monoisotopic (exact) mass is 256 g/mol. The van der Waals surface area contributed by atoms with Crippen molar-refractivity contribution >= 4 is 11.6 Å². The first-order valence-corrected chi connectivity index (χ1v) is 6.43. The maximum absolute atomic E-state index is 13.3. The fourth-order valence-corrected chi connectivity index (χ4v) is 2.44. The third-order valence-electron chi connectivity index (χ3n) is 3.10. The van der Waals surface area contributed by atoms with Crippen molar-refractivity contribution in [1.29, 1.82) is 0 Å². The smallest absolute Gasteiger partial charge is 0.142 e. The van der Waals surface area contributed by atoms with Crippen LogP contribution in [-0.4, -0.2) is 30.6 Å². The number of halogens is 2. The molecular weight excluding hydrogens is 239 g/mol. The zero-order chi connectivity index (χ0) is 12.3. The normalized spacial score (nSPS) is 22.4. The summed E-state index contributed by atoms with van der Waals surface area (Å²) in [5.41, 5.74) is 0.876. The molecule has 1 aromatic rings. The molecule has 1 fully saturated rings. The van der Waals surface area contributed by atoms with Crippen LogP contribution in [0.5, 0.6) is 0 Å². The molecule has 1 unspecified atom stereocenters. The number of hydrogen-bond acceptors (Lipinski definition) is 2. The Labute approximate surface area is 107 Å². The van der Waals surface area contributed by atoms with Crippen molar-refractivity contribution < 1.29 is 4.39 Å². The van der Waals surface area contributed by atoms with Gasteiger partial charge in [0.25, 0.3) is 0 Å². The second-order valence-electron chi connectivity index (χ2n) is 4.66. The van der Waals surface area contributed by atoms with Crippen molar-refractivity contribution in [2.75, 3.05) is 19.6 Å². The van der Waals surface area contributed by atoms with Gasteiger partial charge in [-0.25, -0.2) is 4.39 Å². The standard InChI is InChI=1S/C13H18ClFN2/c1-10-8-17(7-3-6-16-10)9-11-4-2-5-12(15)13(11)14/h2,4-5,10,16H,3,6-9H2,1H3. The van der Waals surface area contributed by atoms with Gasteiger partial charge >= 0.3 is 0 Å². The van der Waals surface area contributed by atoms with Gasteiger partial charge < -0.3 is 5.32 Å². The van der Waals surface area contributed by atoms with Gasteiger partial charge in [-0.15, -0.1) is 0 Å². The number of rotatable bonds is 2. The Kier molecular flexibility index (Phi) is 4.37. The zero-order valence-electron chi connectivity index (χ0n) is 10.0. The highest BCUT2D eigenvalue weighted by Crippen LogP contribution is 2.21. The Hall–Kier alpha value is -0.640. The van der Waals surface area contributed by atoms with E-state index in [0.29, 0.717) is 6.04 Å². The van der Waals surface area contributed by atoms with Crippen LogP contribution in [0.25, 0.3) is 0 Å². The molecule has 0 spiro atoms. The fourth-order valence-electron chi connectivity index (χ4n) is 2.25. The van der Waals surface area contributed by atoms with E-state index in [-0.39, 0.29) is 10.8 Å². The molecule has 1 saturated heterocycles. The van der Waals surface area contributed by atoms with Gasteiger partial charge in [0, 0.05) is 19.1 Å². The Bertz CT molecular complexity index is 384. The van der Waals surface area contributed by atoms with Gasteiger partial charge in [-0.1, -0.05) is 23.7 Å². The van der Waals surface area contributed by atoms with Crippen molar-refractivity contribution in [2.45, 2.75) is 25.9 Å². The minimum absolute atomic E-state index is 0.261. The molecule has 0 amide bonds. The molecule has 1 N–H and O–H groups in total. The third kappa shape index (κ3) is 3.41. The highest BCUT2D eigenvalue weighted by Gasteiger charge is 2.16. The van der Waals surface area contributed by atoms with Crippen LogP contribution < -0.4 is 5.32 Å². The molecule has 0 aliphatic carbocycles. The minimum Gasteiger partial charge on any atom is -0.313 e. The molecule has 1 aliphatic heterocycles. The fraction of sp³-hybridized carbons (Fsp3) is 0.538. The summed E-state index contributed by atoms with van der Waals surface area (Å²) in [6.07, 6.45) is 1.12. The SMILES string of the molecule is CC1CN(Cc2cccc(F)c2Cl)CCCN1. The number of benzene rings is 1. The Balaban J connectivity index is 2.06. The summed E-state index contributed by atoms with van der Waals surface area (Å²) in [5, 5.41) is 3.70. The van der Waals surface area contributed by atoms with Crippen molar-refractivity contribution in [3.8, 4) is 0 Å². The van der Waals surface area contributed by atoms with E-state index in [1.54, 1.807) is 6.07 Å². The molecule has 0 bridgehead atoms. The van der Waals surface area contributed by atoms with E-state index < -0.39 is 0 Å². The molecule has 1 aliphatic rings. The van der Waals surface area contributed by atoms with Crippen LogP contribution in [0.4, 0.5) is 4.39 Å². The molecule has 0 aromatic heterocycles. The summed E-state index contributed by atoms with van der Waals surface area (Å²) in [5.74, 6) is -0.329. The predicted octanol–water partition coefficient (Wildman–Crippen LogP) is 2.66. The van der Waals surface area contributed by atoms with Gasteiger partial charge in [0.2, 0.25) is 0 Å². The molecule has 0 saturated carbocycles. The van der Waals surface area contributed by atoms with Gasteiger partial charge in [0.1, 0.15) is 5.82 Å². The molecule has 94 valence electrons. The van der Waals surface area contributed by atoms with Crippen molar-refractivity contribution in [3.63, 3.8) is 0 Å². The van der Waals surface area contributed by atoms with Crippen LogP contribution in [0.1, 0.15) is 18.9 Å². The Morgan fingerprint density at radius 2 is 2.35 bits per heavy atom. The second kappa shape index (κ2) is 5.80. The van der Waals surface area contributed by atoms with Crippen LogP contribution in [0, 0.1) is 5.82 Å². The number of hydrogen-bond donors (Lipinski definition) is 1. The van der Waals surface area contributed by atoms with Crippen molar-refractivity contribution in [3.05, 3.63) is 34.6 Å². The molecule has 1 heterocycles. The average Bonchev–Trinajstić information content (AvgIpc) is 2.49. The summed E-state index contributed by atoms with van der Waals surface area (Å²) < 4.78 is 13.3. The summed E-state index contributed by atoms with van der Waals surface area (Å²) >= 11 is 5.97. The van der Waals surface area contributed by atoms with Gasteiger partial charge in [-0.05, 0) is 38.1 Å². The van der Waals surface area contributed by atoms with E-state index >= 15 is 0 Å². The van der Waals surface area contributed by atoms with E-state index in [0.717, 1.165) is 38.2 Å². The lowest BCUT2D eigenvalue weighted by atomic mass is 10.2. The topological polar surface area (TPSA) is 15.3 Å². The van der Waals surface area contributed by atoms with Crippen LogP contribution in [0.2, 0.25) is 5.02 Å². The van der Waals surface area contributed by atoms with Crippen LogP contribution in [0.3, 0.4) is 0 Å². The predicted molar refractivity (Wildman–Crippen MR) is 68.8 cm³/mol. The molecule has 17 heavy (non-hydrogen) atoms. The van der Waals surface area contributed by atoms with Crippen molar-refractivity contribution in [1.82, 2.24) is 10.2 Å². The maximum atomic E-state index is 13.3.